The van der Waals surface area contributed by atoms with E-state index in [0.717, 1.165) is 12.3 Å². The van der Waals surface area contributed by atoms with Crippen molar-refractivity contribution in [1.82, 2.24) is 5.32 Å². The van der Waals surface area contributed by atoms with Crippen molar-refractivity contribution >= 4 is 6.09 Å². The molecule has 0 radical (unpaired) electrons. The predicted molar refractivity (Wildman–Crippen MR) is 60.8 cm³/mol. The lowest BCUT2D eigenvalue weighted by Crippen LogP contribution is -2.39. The maximum Gasteiger partial charge on any atom is 0.407 e. The first-order valence-electron chi connectivity index (χ1n) is 5.86. The highest BCUT2D eigenvalue weighted by Crippen LogP contribution is 2.30. The number of rotatable bonds is 3. The molecule has 0 bridgehead atoms. The number of carbonyl (C=O) groups is 1. The Morgan fingerprint density at radius 3 is 2.47 bits per heavy atom. The molecular formula is C12H23NO2. The summed E-state index contributed by atoms with van der Waals surface area (Å²) in [5.74, 6) is 0.815. The number of nitrogens with one attached hydrogen (secondary N) is 1. The molecule has 0 aliphatic heterocycles. The maximum absolute atomic E-state index is 11.4. The summed E-state index contributed by atoms with van der Waals surface area (Å²) >= 11 is 0. The summed E-state index contributed by atoms with van der Waals surface area (Å²) in [6, 6.07) is 0.227. The standard InChI is InChI=1S/C12H23NO2/c1-9(8-10-6-5-7-10)13-11(14)15-12(2,3)4/h9-10H,5-8H2,1-4H3,(H,13,14)/t9-/m0/s1. The molecule has 1 rings (SSSR count). The monoisotopic (exact) mass is 213 g/mol. The van der Waals surface area contributed by atoms with E-state index in [0.29, 0.717) is 0 Å². The highest BCUT2D eigenvalue weighted by Gasteiger charge is 2.22. The molecule has 0 spiro atoms. The van der Waals surface area contributed by atoms with Gasteiger partial charge in [-0.1, -0.05) is 19.3 Å². The normalized spacial score (nSPS) is 19.2. The fraction of sp³-hybridized carbons (Fsp3) is 0.917. The van der Waals surface area contributed by atoms with Crippen LogP contribution in [0.15, 0.2) is 0 Å². The number of carbonyl (C=O) groups excluding carboxylic acids is 1. The minimum absolute atomic E-state index is 0.227. The van der Waals surface area contributed by atoms with Gasteiger partial charge in [0.2, 0.25) is 0 Å². The van der Waals surface area contributed by atoms with Gasteiger partial charge in [-0.05, 0) is 40.0 Å². The molecule has 1 atom stereocenters. The van der Waals surface area contributed by atoms with Gasteiger partial charge in [0, 0.05) is 6.04 Å². The van der Waals surface area contributed by atoms with Crippen LogP contribution in [0.5, 0.6) is 0 Å². The van der Waals surface area contributed by atoms with Gasteiger partial charge in [0.25, 0.3) is 0 Å². The van der Waals surface area contributed by atoms with Crippen LogP contribution in [-0.4, -0.2) is 17.7 Å². The van der Waals surface area contributed by atoms with E-state index >= 15 is 0 Å². The van der Waals surface area contributed by atoms with E-state index in [2.05, 4.69) is 5.32 Å². The number of alkyl carbamates (subject to hydrolysis) is 1. The van der Waals surface area contributed by atoms with Crippen molar-refractivity contribution in [3.8, 4) is 0 Å². The van der Waals surface area contributed by atoms with Crippen LogP contribution < -0.4 is 5.32 Å². The second-order valence-corrected chi connectivity index (χ2v) is 5.58. The van der Waals surface area contributed by atoms with Gasteiger partial charge in [0.1, 0.15) is 5.60 Å². The van der Waals surface area contributed by atoms with E-state index in [9.17, 15) is 4.79 Å². The third-order valence-corrected chi connectivity index (χ3v) is 2.67. The molecule has 1 N–H and O–H groups in total. The van der Waals surface area contributed by atoms with Crippen molar-refractivity contribution in [1.29, 1.82) is 0 Å². The summed E-state index contributed by atoms with van der Waals surface area (Å²) in [6.45, 7) is 7.68. The molecule has 0 saturated heterocycles. The highest BCUT2D eigenvalue weighted by molar-refractivity contribution is 5.67. The summed E-state index contributed by atoms with van der Waals surface area (Å²) in [4.78, 5) is 11.4. The second-order valence-electron chi connectivity index (χ2n) is 5.58. The summed E-state index contributed by atoms with van der Waals surface area (Å²) in [6.07, 6.45) is 4.78. The van der Waals surface area contributed by atoms with Gasteiger partial charge in [-0.25, -0.2) is 4.79 Å². The maximum atomic E-state index is 11.4. The van der Waals surface area contributed by atoms with Gasteiger partial charge in [-0.3, -0.25) is 0 Å². The molecule has 1 amide bonds. The molecule has 1 aliphatic rings. The first-order valence-corrected chi connectivity index (χ1v) is 5.86. The van der Waals surface area contributed by atoms with Crippen LogP contribution in [0.4, 0.5) is 4.79 Å². The minimum atomic E-state index is -0.403. The number of amides is 1. The molecule has 1 fully saturated rings. The first-order chi connectivity index (χ1) is 6.87. The molecule has 1 saturated carbocycles. The number of hydrogen-bond donors (Lipinski definition) is 1. The molecule has 0 aromatic rings. The van der Waals surface area contributed by atoms with E-state index < -0.39 is 5.60 Å². The van der Waals surface area contributed by atoms with Gasteiger partial charge in [-0.2, -0.15) is 0 Å². The van der Waals surface area contributed by atoms with Crippen LogP contribution in [0.1, 0.15) is 53.4 Å². The van der Waals surface area contributed by atoms with E-state index in [4.69, 9.17) is 4.74 Å². The lowest BCUT2D eigenvalue weighted by atomic mass is 9.81. The molecule has 88 valence electrons. The zero-order valence-electron chi connectivity index (χ0n) is 10.3. The van der Waals surface area contributed by atoms with Crippen molar-refractivity contribution in [2.45, 2.75) is 65.0 Å². The number of ether oxygens (including phenoxy) is 1. The van der Waals surface area contributed by atoms with Crippen molar-refractivity contribution in [3.63, 3.8) is 0 Å². The summed E-state index contributed by atoms with van der Waals surface area (Å²) in [7, 11) is 0. The Morgan fingerprint density at radius 1 is 1.47 bits per heavy atom. The van der Waals surface area contributed by atoms with Crippen LogP contribution >= 0.6 is 0 Å². The average Bonchev–Trinajstić information content (AvgIpc) is 1.92. The van der Waals surface area contributed by atoms with E-state index in [1.54, 1.807) is 0 Å². The van der Waals surface area contributed by atoms with Crippen LogP contribution in [0.3, 0.4) is 0 Å². The summed E-state index contributed by atoms with van der Waals surface area (Å²) < 4.78 is 5.19. The second kappa shape index (κ2) is 4.86. The molecular weight excluding hydrogens is 190 g/mol. The molecule has 15 heavy (non-hydrogen) atoms. The Morgan fingerprint density at radius 2 is 2.07 bits per heavy atom. The average molecular weight is 213 g/mol. The Balaban J connectivity index is 2.18. The Hall–Kier alpha value is -0.730. The molecule has 0 aromatic heterocycles. The lowest BCUT2D eigenvalue weighted by molar-refractivity contribution is 0.0498. The van der Waals surface area contributed by atoms with Crippen LogP contribution in [0.2, 0.25) is 0 Å². The van der Waals surface area contributed by atoms with E-state index in [1.807, 2.05) is 27.7 Å². The Kier molecular flexibility index (Phi) is 4.00. The quantitative estimate of drug-likeness (QED) is 0.782. The van der Waals surface area contributed by atoms with Crippen LogP contribution in [-0.2, 0) is 4.74 Å². The summed E-state index contributed by atoms with van der Waals surface area (Å²) in [5.41, 5.74) is -0.403. The minimum Gasteiger partial charge on any atom is -0.444 e. The van der Waals surface area contributed by atoms with E-state index in [1.165, 1.54) is 19.3 Å². The smallest absolute Gasteiger partial charge is 0.407 e. The SMILES string of the molecule is C[C@@H](CC1CCC1)NC(=O)OC(C)(C)C. The Bertz CT molecular complexity index is 216. The van der Waals surface area contributed by atoms with Gasteiger partial charge >= 0.3 is 6.09 Å². The van der Waals surface area contributed by atoms with Gasteiger partial charge in [-0.15, -0.1) is 0 Å². The highest BCUT2D eigenvalue weighted by atomic mass is 16.6. The third kappa shape index (κ3) is 5.05. The van der Waals surface area contributed by atoms with Crippen LogP contribution in [0.25, 0.3) is 0 Å². The summed E-state index contributed by atoms with van der Waals surface area (Å²) in [5, 5.41) is 2.87. The first kappa shape index (κ1) is 12.3. The topological polar surface area (TPSA) is 38.3 Å². The molecule has 0 heterocycles. The zero-order valence-corrected chi connectivity index (χ0v) is 10.3. The molecule has 3 nitrogen and oxygen atoms in total. The van der Waals surface area contributed by atoms with E-state index in [-0.39, 0.29) is 12.1 Å². The molecule has 3 heteroatoms. The van der Waals surface area contributed by atoms with Crippen molar-refractivity contribution < 1.29 is 9.53 Å². The Labute approximate surface area is 92.6 Å². The van der Waals surface area contributed by atoms with Gasteiger partial charge in [0.15, 0.2) is 0 Å². The van der Waals surface area contributed by atoms with Crippen molar-refractivity contribution in [2.75, 3.05) is 0 Å². The zero-order chi connectivity index (χ0) is 11.5. The van der Waals surface area contributed by atoms with Crippen molar-refractivity contribution in [2.24, 2.45) is 5.92 Å². The molecule has 0 aromatic carbocycles. The fourth-order valence-corrected chi connectivity index (χ4v) is 1.80. The number of hydrogen-bond acceptors (Lipinski definition) is 2. The van der Waals surface area contributed by atoms with Crippen LogP contribution in [0, 0.1) is 5.92 Å². The largest absolute Gasteiger partial charge is 0.444 e. The fourth-order valence-electron chi connectivity index (χ4n) is 1.80. The predicted octanol–water partition coefficient (Wildman–Crippen LogP) is 3.09. The lowest BCUT2D eigenvalue weighted by Gasteiger charge is -2.29. The third-order valence-electron chi connectivity index (χ3n) is 2.67. The van der Waals surface area contributed by atoms with Gasteiger partial charge in [0.05, 0.1) is 0 Å². The molecule has 1 aliphatic carbocycles. The molecule has 0 unspecified atom stereocenters. The van der Waals surface area contributed by atoms with Gasteiger partial charge < -0.3 is 10.1 Å². The van der Waals surface area contributed by atoms with Crippen molar-refractivity contribution in [3.05, 3.63) is 0 Å².